The number of aromatic hydroxyl groups is 1. The molecule has 17 heavy (non-hydrogen) atoms. The van der Waals surface area contributed by atoms with Crippen molar-refractivity contribution in [2.75, 3.05) is 0 Å². The Morgan fingerprint density at radius 1 is 1.18 bits per heavy atom. The zero-order valence-corrected chi connectivity index (χ0v) is 11.4. The molecule has 0 bridgehead atoms. The molecule has 1 aliphatic rings. The molecule has 0 aliphatic heterocycles. The van der Waals surface area contributed by atoms with Crippen molar-refractivity contribution in [1.29, 1.82) is 0 Å². The highest BCUT2D eigenvalue weighted by Gasteiger charge is 2.64. The molecule has 2 nitrogen and oxygen atoms in total. The molecule has 0 amide bonds. The van der Waals surface area contributed by atoms with E-state index in [0.717, 1.165) is 5.56 Å². The second-order valence-electron chi connectivity index (χ2n) is 6.36. The molecule has 0 heterocycles. The Labute approximate surface area is 104 Å². The van der Waals surface area contributed by atoms with Gasteiger partial charge in [-0.2, -0.15) is 0 Å². The van der Waals surface area contributed by atoms with Gasteiger partial charge in [0.25, 0.3) is 0 Å². The molecule has 1 aromatic rings. The highest BCUT2D eigenvalue weighted by Crippen LogP contribution is 2.63. The largest absolute Gasteiger partial charge is 0.508 e. The van der Waals surface area contributed by atoms with Gasteiger partial charge in [-0.25, -0.2) is 0 Å². The topological polar surface area (TPSA) is 32.3 Å². The van der Waals surface area contributed by atoms with Crippen LogP contribution in [-0.4, -0.2) is 11.1 Å². The van der Waals surface area contributed by atoms with Gasteiger partial charge in [-0.1, -0.05) is 39.8 Å². The van der Waals surface area contributed by atoms with Gasteiger partial charge in [-0.15, -0.1) is 0 Å². The van der Waals surface area contributed by atoms with Crippen LogP contribution in [-0.2, 0) is 0 Å². The molecule has 94 valence electrons. The van der Waals surface area contributed by atoms with Gasteiger partial charge in [0.15, 0.2) is 0 Å². The van der Waals surface area contributed by atoms with Crippen LogP contribution in [0.15, 0.2) is 24.3 Å². The maximum absolute atomic E-state index is 9.49. The molecule has 1 atom stereocenters. The first-order valence-corrected chi connectivity index (χ1v) is 6.32. The molecular weight excluding hydrogens is 210 g/mol. The second-order valence-corrected chi connectivity index (χ2v) is 6.36. The Kier molecular flexibility index (Phi) is 2.74. The summed E-state index contributed by atoms with van der Waals surface area (Å²) in [7, 11) is 0. The van der Waals surface area contributed by atoms with Crippen LogP contribution in [0.4, 0.5) is 0 Å². The van der Waals surface area contributed by atoms with E-state index in [-0.39, 0.29) is 6.04 Å². The number of benzene rings is 1. The standard InChI is InChI=1S/C15H23NO/c1-10(11-7-6-8-12(17)9-11)16-13-14(2,3)15(13,4)5/h6-10,13,16-17H,1-5H3. The third-order valence-electron chi connectivity index (χ3n) is 4.81. The summed E-state index contributed by atoms with van der Waals surface area (Å²) in [6.07, 6.45) is 0. The first-order chi connectivity index (χ1) is 7.76. The monoisotopic (exact) mass is 233 g/mol. The molecule has 2 rings (SSSR count). The Bertz CT molecular complexity index is 409. The van der Waals surface area contributed by atoms with Crippen LogP contribution in [0, 0.1) is 10.8 Å². The number of phenolic OH excluding ortho intramolecular Hbond substituents is 1. The molecular formula is C15H23NO. The van der Waals surface area contributed by atoms with E-state index in [1.807, 2.05) is 12.1 Å². The van der Waals surface area contributed by atoms with Crippen molar-refractivity contribution in [1.82, 2.24) is 5.32 Å². The van der Waals surface area contributed by atoms with E-state index in [9.17, 15) is 5.11 Å². The summed E-state index contributed by atoms with van der Waals surface area (Å²) < 4.78 is 0. The summed E-state index contributed by atoms with van der Waals surface area (Å²) in [5, 5.41) is 13.2. The van der Waals surface area contributed by atoms with Crippen molar-refractivity contribution in [2.24, 2.45) is 10.8 Å². The van der Waals surface area contributed by atoms with Gasteiger partial charge in [0.2, 0.25) is 0 Å². The quantitative estimate of drug-likeness (QED) is 0.837. The predicted molar refractivity (Wildman–Crippen MR) is 71.0 cm³/mol. The maximum atomic E-state index is 9.49. The fourth-order valence-electron chi connectivity index (χ4n) is 2.75. The number of rotatable bonds is 3. The molecule has 0 spiro atoms. The predicted octanol–water partition coefficient (Wildman–Crippen LogP) is 3.48. The SMILES string of the molecule is CC(NC1C(C)(C)C1(C)C)c1cccc(O)c1. The third kappa shape index (κ3) is 1.95. The van der Waals surface area contributed by atoms with E-state index in [1.54, 1.807) is 6.07 Å². The Morgan fingerprint density at radius 3 is 2.24 bits per heavy atom. The van der Waals surface area contributed by atoms with E-state index in [2.05, 4.69) is 46.0 Å². The lowest BCUT2D eigenvalue weighted by Gasteiger charge is -2.16. The van der Waals surface area contributed by atoms with Crippen molar-refractivity contribution in [2.45, 2.75) is 46.7 Å². The molecule has 0 radical (unpaired) electrons. The molecule has 2 heteroatoms. The van der Waals surface area contributed by atoms with Gasteiger partial charge in [-0.05, 0) is 35.4 Å². The minimum atomic E-state index is 0.271. The average molecular weight is 233 g/mol. The lowest BCUT2D eigenvalue weighted by atomic mass is 10.0. The van der Waals surface area contributed by atoms with Crippen LogP contribution in [0.5, 0.6) is 5.75 Å². The Balaban J connectivity index is 2.07. The molecule has 1 fully saturated rings. The van der Waals surface area contributed by atoms with Crippen molar-refractivity contribution >= 4 is 0 Å². The highest BCUT2D eigenvalue weighted by atomic mass is 16.3. The maximum Gasteiger partial charge on any atom is 0.115 e. The van der Waals surface area contributed by atoms with Crippen LogP contribution in [0.2, 0.25) is 0 Å². The van der Waals surface area contributed by atoms with Crippen LogP contribution >= 0.6 is 0 Å². The number of nitrogens with one attached hydrogen (secondary N) is 1. The number of phenols is 1. The lowest BCUT2D eigenvalue weighted by molar-refractivity contribution is 0.457. The van der Waals surface area contributed by atoms with E-state index in [4.69, 9.17) is 0 Å². The number of hydrogen-bond donors (Lipinski definition) is 2. The summed E-state index contributed by atoms with van der Waals surface area (Å²) >= 11 is 0. The Hall–Kier alpha value is -1.02. The van der Waals surface area contributed by atoms with Crippen LogP contribution in [0.3, 0.4) is 0 Å². The molecule has 1 aromatic carbocycles. The first-order valence-electron chi connectivity index (χ1n) is 6.32. The van der Waals surface area contributed by atoms with E-state index in [0.29, 0.717) is 22.6 Å². The Morgan fingerprint density at radius 2 is 1.76 bits per heavy atom. The molecule has 1 saturated carbocycles. The van der Waals surface area contributed by atoms with Gasteiger partial charge < -0.3 is 10.4 Å². The summed E-state index contributed by atoms with van der Waals surface area (Å²) in [6.45, 7) is 11.4. The van der Waals surface area contributed by atoms with E-state index < -0.39 is 0 Å². The molecule has 0 aromatic heterocycles. The molecule has 1 unspecified atom stereocenters. The first kappa shape index (κ1) is 12.4. The minimum Gasteiger partial charge on any atom is -0.508 e. The highest BCUT2D eigenvalue weighted by molar-refractivity contribution is 5.30. The van der Waals surface area contributed by atoms with Crippen LogP contribution in [0.25, 0.3) is 0 Å². The normalized spacial score (nSPS) is 23.4. The minimum absolute atomic E-state index is 0.271. The number of hydrogen-bond acceptors (Lipinski definition) is 2. The second kappa shape index (κ2) is 3.74. The van der Waals surface area contributed by atoms with Crippen LogP contribution < -0.4 is 5.32 Å². The zero-order valence-electron chi connectivity index (χ0n) is 11.4. The smallest absolute Gasteiger partial charge is 0.115 e. The molecule has 1 aliphatic carbocycles. The summed E-state index contributed by atoms with van der Waals surface area (Å²) in [6, 6.07) is 8.30. The average Bonchev–Trinajstić information content (AvgIpc) is 2.61. The lowest BCUT2D eigenvalue weighted by Crippen LogP contribution is -2.25. The molecule has 2 N–H and O–H groups in total. The van der Waals surface area contributed by atoms with Gasteiger partial charge in [0, 0.05) is 12.1 Å². The summed E-state index contributed by atoms with van der Waals surface area (Å²) in [5.74, 6) is 0.338. The van der Waals surface area contributed by atoms with Gasteiger partial charge in [0.1, 0.15) is 5.75 Å². The van der Waals surface area contributed by atoms with Gasteiger partial charge in [-0.3, -0.25) is 0 Å². The molecule has 0 saturated heterocycles. The van der Waals surface area contributed by atoms with E-state index in [1.165, 1.54) is 0 Å². The third-order valence-corrected chi connectivity index (χ3v) is 4.81. The fraction of sp³-hybridized carbons (Fsp3) is 0.600. The van der Waals surface area contributed by atoms with Gasteiger partial charge >= 0.3 is 0 Å². The summed E-state index contributed by atoms with van der Waals surface area (Å²) in [4.78, 5) is 0. The van der Waals surface area contributed by atoms with Crippen LogP contribution in [0.1, 0.15) is 46.2 Å². The van der Waals surface area contributed by atoms with Crippen molar-refractivity contribution in [3.8, 4) is 5.75 Å². The van der Waals surface area contributed by atoms with Crippen molar-refractivity contribution in [3.63, 3.8) is 0 Å². The van der Waals surface area contributed by atoms with E-state index >= 15 is 0 Å². The fourth-order valence-corrected chi connectivity index (χ4v) is 2.75. The summed E-state index contributed by atoms with van der Waals surface area (Å²) in [5.41, 5.74) is 1.83. The van der Waals surface area contributed by atoms with Gasteiger partial charge in [0.05, 0.1) is 0 Å². The van der Waals surface area contributed by atoms with Crippen molar-refractivity contribution < 1.29 is 5.11 Å². The zero-order chi connectivity index (χ0) is 12.8. The van der Waals surface area contributed by atoms with Crippen molar-refractivity contribution in [3.05, 3.63) is 29.8 Å².